The van der Waals surface area contributed by atoms with E-state index in [1.807, 2.05) is 0 Å². The number of rotatable bonds is 2. The Balaban J connectivity index is 3.56. The van der Waals surface area contributed by atoms with Crippen LogP contribution in [0.15, 0.2) is 17.0 Å². The van der Waals surface area contributed by atoms with E-state index < -0.39 is 9.05 Å². The van der Waals surface area contributed by atoms with Crippen LogP contribution in [0.5, 0.6) is 5.75 Å². The standard InChI is InChI=1S/C8H5Cl2NO3S/c1-14-7-3-6(15(10,12)13)2-5(4-11)8(7)9/h2-3H,1H3. The van der Waals surface area contributed by atoms with E-state index in [4.69, 9.17) is 32.3 Å². The number of ether oxygens (including phenoxy) is 1. The van der Waals surface area contributed by atoms with E-state index in [9.17, 15) is 8.42 Å². The zero-order valence-corrected chi connectivity index (χ0v) is 9.82. The zero-order valence-electron chi connectivity index (χ0n) is 7.49. The molecule has 0 unspecified atom stereocenters. The van der Waals surface area contributed by atoms with E-state index in [-0.39, 0.29) is 21.2 Å². The molecular formula is C8H5Cl2NO3S. The third-order valence-electron chi connectivity index (χ3n) is 1.63. The number of nitrogens with zero attached hydrogens (tertiary/aromatic N) is 1. The SMILES string of the molecule is COc1cc(S(=O)(=O)Cl)cc(C#N)c1Cl. The third-order valence-corrected chi connectivity index (χ3v) is 3.36. The van der Waals surface area contributed by atoms with E-state index in [0.29, 0.717) is 0 Å². The molecule has 0 aromatic heterocycles. The van der Waals surface area contributed by atoms with Gasteiger partial charge in [0.25, 0.3) is 9.05 Å². The molecule has 1 aromatic rings. The Bertz CT molecular complexity index is 534. The Morgan fingerprint density at radius 2 is 2.07 bits per heavy atom. The van der Waals surface area contributed by atoms with Crippen molar-refractivity contribution in [3.05, 3.63) is 22.7 Å². The predicted molar refractivity (Wildman–Crippen MR) is 55.8 cm³/mol. The summed E-state index contributed by atoms with van der Waals surface area (Å²) in [6, 6.07) is 4.00. The lowest BCUT2D eigenvalue weighted by atomic mass is 10.2. The van der Waals surface area contributed by atoms with Crippen molar-refractivity contribution < 1.29 is 13.2 Å². The first-order valence-corrected chi connectivity index (χ1v) is 6.31. The molecule has 0 aliphatic rings. The van der Waals surface area contributed by atoms with Crippen LogP contribution in [0.4, 0.5) is 0 Å². The lowest BCUT2D eigenvalue weighted by Crippen LogP contribution is -1.95. The van der Waals surface area contributed by atoms with Gasteiger partial charge in [-0.05, 0) is 6.07 Å². The van der Waals surface area contributed by atoms with Crippen molar-refractivity contribution in [2.45, 2.75) is 4.90 Å². The zero-order chi connectivity index (χ0) is 11.6. The summed E-state index contributed by atoms with van der Waals surface area (Å²) in [5.41, 5.74) is -0.00441. The monoisotopic (exact) mass is 265 g/mol. The summed E-state index contributed by atoms with van der Waals surface area (Å²) < 4.78 is 26.9. The minimum atomic E-state index is -3.90. The van der Waals surface area contributed by atoms with Crippen LogP contribution in [0.1, 0.15) is 5.56 Å². The second-order valence-corrected chi connectivity index (χ2v) is 5.48. The highest BCUT2D eigenvalue weighted by Crippen LogP contribution is 2.32. The highest BCUT2D eigenvalue weighted by Gasteiger charge is 2.16. The smallest absolute Gasteiger partial charge is 0.261 e. The van der Waals surface area contributed by atoms with Gasteiger partial charge in [-0.1, -0.05) is 11.6 Å². The molecule has 0 radical (unpaired) electrons. The van der Waals surface area contributed by atoms with Crippen molar-refractivity contribution in [1.29, 1.82) is 5.26 Å². The quantitative estimate of drug-likeness (QED) is 0.769. The highest BCUT2D eigenvalue weighted by molar-refractivity contribution is 8.13. The lowest BCUT2D eigenvalue weighted by molar-refractivity contribution is 0.413. The number of halogens is 2. The molecule has 0 aliphatic heterocycles. The average Bonchev–Trinajstić information content (AvgIpc) is 2.16. The first-order chi connectivity index (χ1) is 6.90. The molecule has 0 amide bonds. The molecule has 0 bridgehead atoms. The third kappa shape index (κ3) is 2.53. The molecule has 15 heavy (non-hydrogen) atoms. The maximum Gasteiger partial charge on any atom is 0.261 e. The van der Waals surface area contributed by atoms with Gasteiger partial charge in [-0.25, -0.2) is 8.42 Å². The fourth-order valence-electron chi connectivity index (χ4n) is 0.943. The first-order valence-electron chi connectivity index (χ1n) is 3.62. The summed E-state index contributed by atoms with van der Waals surface area (Å²) in [6.45, 7) is 0. The van der Waals surface area contributed by atoms with Crippen LogP contribution in [0.3, 0.4) is 0 Å². The molecule has 7 heteroatoms. The van der Waals surface area contributed by atoms with Crippen LogP contribution in [-0.2, 0) is 9.05 Å². The highest BCUT2D eigenvalue weighted by atomic mass is 35.7. The van der Waals surface area contributed by atoms with Crippen molar-refractivity contribution in [1.82, 2.24) is 0 Å². The molecule has 1 rings (SSSR count). The summed E-state index contributed by atoms with van der Waals surface area (Å²) in [4.78, 5) is -0.220. The molecule has 1 aromatic carbocycles. The summed E-state index contributed by atoms with van der Waals surface area (Å²) >= 11 is 5.75. The van der Waals surface area contributed by atoms with E-state index in [1.165, 1.54) is 7.11 Å². The summed E-state index contributed by atoms with van der Waals surface area (Å²) in [6.07, 6.45) is 0. The fraction of sp³-hybridized carbons (Fsp3) is 0.125. The normalized spacial score (nSPS) is 10.8. The molecular weight excluding hydrogens is 261 g/mol. The van der Waals surface area contributed by atoms with Gasteiger partial charge in [0.15, 0.2) is 0 Å². The Morgan fingerprint density at radius 3 is 2.47 bits per heavy atom. The second-order valence-electron chi connectivity index (χ2n) is 2.54. The van der Waals surface area contributed by atoms with Gasteiger partial charge in [0, 0.05) is 16.7 Å². The maximum atomic E-state index is 11.0. The minimum Gasteiger partial charge on any atom is -0.495 e. The molecule has 0 spiro atoms. The minimum absolute atomic E-state index is 0.00441. The first kappa shape index (κ1) is 12.1. The van der Waals surface area contributed by atoms with Crippen LogP contribution in [0.2, 0.25) is 5.02 Å². The van der Waals surface area contributed by atoms with Crippen LogP contribution in [0.25, 0.3) is 0 Å². The number of nitriles is 1. The number of hydrogen-bond donors (Lipinski definition) is 0. The van der Waals surface area contributed by atoms with Crippen LogP contribution >= 0.6 is 22.3 Å². The van der Waals surface area contributed by atoms with Gasteiger partial charge in [-0.3, -0.25) is 0 Å². The number of methoxy groups -OCH3 is 1. The molecule has 0 N–H and O–H groups in total. The molecule has 0 saturated carbocycles. The predicted octanol–water partition coefficient (Wildman–Crippen LogP) is 2.15. The Morgan fingerprint density at radius 1 is 1.47 bits per heavy atom. The summed E-state index contributed by atoms with van der Waals surface area (Å²) in [5, 5.41) is 8.76. The molecule has 0 atom stereocenters. The largest absolute Gasteiger partial charge is 0.495 e. The maximum absolute atomic E-state index is 11.0. The van der Waals surface area contributed by atoms with Crippen molar-refractivity contribution in [3.63, 3.8) is 0 Å². The van der Waals surface area contributed by atoms with E-state index in [0.717, 1.165) is 12.1 Å². The van der Waals surface area contributed by atoms with Crippen LogP contribution in [-0.4, -0.2) is 15.5 Å². The molecule has 0 saturated heterocycles. The molecule has 80 valence electrons. The van der Waals surface area contributed by atoms with Gasteiger partial charge in [0.05, 0.1) is 17.6 Å². The van der Waals surface area contributed by atoms with Gasteiger partial charge in [-0.2, -0.15) is 5.26 Å². The topological polar surface area (TPSA) is 67.2 Å². The fourth-order valence-corrected chi connectivity index (χ4v) is 1.95. The molecule has 0 fully saturated rings. The number of benzene rings is 1. The lowest BCUT2D eigenvalue weighted by Gasteiger charge is -2.05. The van der Waals surface area contributed by atoms with Gasteiger partial charge < -0.3 is 4.74 Å². The van der Waals surface area contributed by atoms with Gasteiger partial charge in [0.1, 0.15) is 16.8 Å². The Labute approximate surface area is 96.4 Å². The van der Waals surface area contributed by atoms with Gasteiger partial charge in [0.2, 0.25) is 0 Å². The second kappa shape index (κ2) is 4.27. The van der Waals surface area contributed by atoms with E-state index in [1.54, 1.807) is 6.07 Å². The van der Waals surface area contributed by atoms with Crippen molar-refractivity contribution in [2.24, 2.45) is 0 Å². The van der Waals surface area contributed by atoms with Crippen molar-refractivity contribution >= 4 is 31.3 Å². The van der Waals surface area contributed by atoms with E-state index in [2.05, 4.69) is 0 Å². The summed E-state index contributed by atoms with van der Waals surface area (Å²) in [5.74, 6) is 0.0925. The molecule has 4 nitrogen and oxygen atoms in total. The summed E-state index contributed by atoms with van der Waals surface area (Å²) in [7, 11) is 2.54. The van der Waals surface area contributed by atoms with Gasteiger partial charge >= 0.3 is 0 Å². The van der Waals surface area contributed by atoms with E-state index >= 15 is 0 Å². The Hall–Kier alpha value is -0.960. The van der Waals surface area contributed by atoms with Crippen LogP contribution in [0, 0.1) is 11.3 Å². The van der Waals surface area contributed by atoms with Crippen molar-refractivity contribution in [2.75, 3.05) is 7.11 Å². The Kier molecular flexibility index (Phi) is 3.45. The average molecular weight is 266 g/mol. The number of hydrogen-bond acceptors (Lipinski definition) is 4. The van der Waals surface area contributed by atoms with Crippen LogP contribution < -0.4 is 4.74 Å². The van der Waals surface area contributed by atoms with Gasteiger partial charge in [-0.15, -0.1) is 0 Å². The molecule has 0 aliphatic carbocycles. The molecule has 0 heterocycles. The van der Waals surface area contributed by atoms with Crippen molar-refractivity contribution in [3.8, 4) is 11.8 Å².